The van der Waals surface area contributed by atoms with Crippen molar-refractivity contribution in [3.63, 3.8) is 0 Å². The van der Waals surface area contributed by atoms with E-state index < -0.39 is 0 Å². The smallest absolute Gasteiger partial charge is 0.0680 e. The second kappa shape index (κ2) is 5.17. The van der Waals surface area contributed by atoms with Gasteiger partial charge in [0.1, 0.15) is 0 Å². The Kier molecular flexibility index (Phi) is 3.26. The molecule has 0 saturated heterocycles. The van der Waals surface area contributed by atoms with Gasteiger partial charge in [0.25, 0.3) is 0 Å². The number of hydrogen-bond donors (Lipinski definition) is 1. The van der Waals surface area contributed by atoms with Crippen LogP contribution in [0.2, 0.25) is 5.02 Å². The van der Waals surface area contributed by atoms with Crippen molar-refractivity contribution >= 4 is 23.0 Å². The summed E-state index contributed by atoms with van der Waals surface area (Å²) >= 11 is 5.99. The number of rotatable bonds is 1. The van der Waals surface area contributed by atoms with E-state index >= 15 is 0 Å². The molecule has 2 unspecified atom stereocenters. The summed E-state index contributed by atoms with van der Waals surface area (Å²) in [5.41, 5.74) is 9.99. The summed E-state index contributed by atoms with van der Waals surface area (Å²) in [7, 11) is 0. The van der Waals surface area contributed by atoms with Crippen LogP contribution in [-0.2, 0) is 13.0 Å². The lowest BCUT2D eigenvalue weighted by atomic mass is 9.80. The fourth-order valence-corrected chi connectivity index (χ4v) is 3.94. The summed E-state index contributed by atoms with van der Waals surface area (Å²) in [6, 6.07) is 7.96. The SMILES string of the molecule is CC1Cc2ncc3c(c2C(C)C1)NN(c1ccc(Cl)cc1)C3. The van der Waals surface area contributed by atoms with Crippen LogP contribution < -0.4 is 10.4 Å². The Hall–Kier alpha value is -1.74. The van der Waals surface area contributed by atoms with Crippen LogP contribution in [0.3, 0.4) is 0 Å². The molecular formula is C18H20ClN3. The lowest BCUT2D eigenvalue weighted by Crippen LogP contribution is -2.23. The van der Waals surface area contributed by atoms with Crippen LogP contribution in [0, 0.1) is 5.92 Å². The van der Waals surface area contributed by atoms with Crippen molar-refractivity contribution in [3.05, 3.63) is 52.3 Å². The molecule has 2 aromatic rings. The summed E-state index contributed by atoms with van der Waals surface area (Å²) in [5, 5.41) is 2.94. The van der Waals surface area contributed by atoms with Gasteiger partial charge >= 0.3 is 0 Å². The molecule has 0 fully saturated rings. The van der Waals surface area contributed by atoms with Gasteiger partial charge in [-0.05, 0) is 48.9 Å². The van der Waals surface area contributed by atoms with Crippen LogP contribution in [0.25, 0.3) is 0 Å². The highest BCUT2D eigenvalue weighted by Gasteiger charge is 2.30. The minimum Gasteiger partial charge on any atom is -0.297 e. The molecule has 1 aromatic heterocycles. The predicted molar refractivity (Wildman–Crippen MR) is 91.4 cm³/mol. The van der Waals surface area contributed by atoms with Crippen molar-refractivity contribution in [2.45, 2.75) is 39.2 Å². The maximum Gasteiger partial charge on any atom is 0.0680 e. The summed E-state index contributed by atoms with van der Waals surface area (Å²) in [4.78, 5) is 4.75. The zero-order valence-electron chi connectivity index (χ0n) is 12.9. The highest BCUT2D eigenvalue weighted by Crippen LogP contribution is 2.42. The van der Waals surface area contributed by atoms with E-state index in [1.165, 1.54) is 28.9 Å². The minimum atomic E-state index is 0.568. The highest BCUT2D eigenvalue weighted by molar-refractivity contribution is 6.30. The maximum atomic E-state index is 5.99. The molecule has 2 aliphatic rings. The Morgan fingerprint density at radius 2 is 2.00 bits per heavy atom. The van der Waals surface area contributed by atoms with Crippen LogP contribution in [0.5, 0.6) is 0 Å². The fourth-order valence-electron chi connectivity index (χ4n) is 3.81. The first kappa shape index (κ1) is 13.9. The van der Waals surface area contributed by atoms with E-state index in [0.717, 1.165) is 29.6 Å². The number of nitrogens with one attached hydrogen (secondary N) is 1. The van der Waals surface area contributed by atoms with Gasteiger partial charge in [0.2, 0.25) is 0 Å². The third kappa shape index (κ3) is 2.24. The molecule has 114 valence electrons. The van der Waals surface area contributed by atoms with Crippen molar-refractivity contribution in [2.24, 2.45) is 5.92 Å². The Balaban J connectivity index is 1.69. The molecule has 0 bridgehead atoms. The third-order valence-electron chi connectivity index (χ3n) is 4.78. The highest BCUT2D eigenvalue weighted by atomic mass is 35.5. The van der Waals surface area contributed by atoms with E-state index in [9.17, 15) is 0 Å². The first-order valence-electron chi connectivity index (χ1n) is 7.92. The van der Waals surface area contributed by atoms with E-state index in [1.807, 2.05) is 30.5 Å². The summed E-state index contributed by atoms with van der Waals surface area (Å²) < 4.78 is 0. The molecule has 0 saturated carbocycles. The van der Waals surface area contributed by atoms with Crippen LogP contribution >= 0.6 is 11.6 Å². The number of anilines is 2. The van der Waals surface area contributed by atoms with Gasteiger partial charge in [0.05, 0.1) is 17.9 Å². The molecule has 1 aliphatic carbocycles. The van der Waals surface area contributed by atoms with Crippen LogP contribution in [0.1, 0.15) is 43.0 Å². The van der Waals surface area contributed by atoms with Crippen molar-refractivity contribution < 1.29 is 0 Å². The fraction of sp³-hybridized carbons (Fsp3) is 0.389. The molecule has 2 atom stereocenters. The predicted octanol–water partition coefficient (Wildman–Crippen LogP) is 4.77. The first-order valence-corrected chi connectivity index (χ1v) is 8.30. The Bertz CT molecular complexity index is 711. The Morgan fingerprint density at radius 3 is 2.77 bits per heavy atom. The largest absolute Gasteiger partial charge is 0.297 e. The van der Waals surface area contributed by atoms with E-state index in [-0.39, 0.29) is 0 Å². The lowest BCUT2D eigenvalue weighted by molar-refractivity contribution is 0.443. The van der Waals surface area contributed by atoms with Gasteiger partial charge < -0.3 is 0 Å². The second-order valence-electron chi connectivity index (χ2n) is 6.64. The average molecular weight is 314 g/mol. The molecule has 0 spiro atoms. The van der Waals surface area contributed by atoms with Gasteiger partial charge in [0.15, 0.2) is 0 Å². The minimum absolute atomic E-state index is 0.568. The Labute approximate surface area is 136 Å². The third-order valence-corrected chi connectivity index (χ3v) is 5.03. The van der Waals surface area contributed by atoms with Gasteiger partial charge in [-0.3, -0.25) is 15.4 Å². The molecule has 22 heavy (non-hydrogen) atoms. The maximum absolute atomic E-state index is 5.99. The van der Waals surface area contributed by atoms with Gasteiger partial charge in [-0.1, -0.05) is 25.4 Å². The Morgan fingerprint density at radius 1 is 1.23 bits per heavy atom. The van der Waals surface area contributed by atoms with Crippen LogP contribution in [0.4, 0.5) is 11.4 Å². The summed E-state index contributed by atoms with van der Waals surface area (Å²) in [6.07, 6.45) is 4.38. The van der Waals surface area contributed by atoms with E-state index in [0.29, 0.717) is 5.92 Å². The monoisotopic (exact) mass is 313 g/mol. The van der Waals surface area contributed by atoms with Gasteiger partial charge in [0, 0.05) is 28.0 Å². The van der Waals surface area contributed by atoms with Gasteiger partial charge in [-0.25, -0.2) is 0 Å². The zero-order chi connectivity index (χ0) is 15.3. The number of hydrazine groups is 1. The first-order chi connectivity index (χ1) is 10.6. The normalized spacial score (nSPS) is 23.0. The molecular weight excluding hydrogens is 294 g/mol. The molecule has 2 heterocycles. The number of halogens is 1. The summed E-state index contributed by atoms with van der Waals surface area (Å²) in [5.74, 6) is 1.29. The molecule has 1 N–H and O–H groups in total. The number of aromatic nitrogens is 1. The lowest BCUT2D eigenvalue weighted by Gasteiger charge is -2.28. The standard InChI is InChI=1S/C18H20ClN3/c1-11-7-12(2)17-16(8-11)20-9-13-10-22(21-18(13)17)15-5-3-14(19)4-6-15/h3-6,9,11-12,21H,7-8,10H2,1-2H3. The van der Waals surface area contributed by atoms with Crippen molar-refractivity contribution in [1.82, 2.24) is 4.98 Å². The molecule has 4 rings (SSSR count). The van der Waals surface area contributed by atoms with Gasteiger partial charge in [-0.15, -0.1) is 0 Å². The average Bonchev–Trinajstić information content (AvgIpc) is 2.91. The topological polar surface area (TPSA) is 28.2 Å². The molecule has 0 amide bonds. The van der Waals surface area contributed by atoms with E-state index in [1.54, 1.807) is 0 Å². The number of hydrogen-bond acceptors (Lipinski definition) is 3. The van der Waals surface area contributed by atoms with Crippen molar-refractivity contribution in [3.8, 4) is 0 Å². The number of nitrogens with zero attached hydrogens (tertiary/aromatic N) is 2. The van der Waals surface area contributed by atoms with Crippen LogP contribution in [-0.4, -0.2) is 4.98 Å². The molecule has 4 heteroatoms. The summed E-state index contributed by atoms with van der Waals surface area (Å²) in [6.45, 7) is 5.49. The quantitative estimate of drug-likeness (QED) is 0.822. The number of pyridine rings is 1. The van der Waals surface area contributed by atoms with Crippen LogP contribution in [0.15, 0.2) is 30.5 Å². The number of fused-ring (bicyclic) bond motifs is 3. The molecule has 1 aromatic carbocycles. The van der Waals surface area contributed by atoms with E-state index in [2.05, 4.69) is 24.3 Å². The second-order valence-corrected chi connectivity index (χ2v) is 7.08. The molecule has 1 aliphatic heterocycles. The van der Waals surface area contributed by atoms with Crippen molar-refractivity contribution in [2.75, 3.05) is 10.4 Å². The molecule has 3 nitrogen and oxygen atoms in total. The number of benzene rings is 1. The van der Waals surface area contributed by atoms with E-state index in [4.69, 9.17) is 16.6 Å². The molecule has 0 radical (unpaired) electrons. The van der Waals surface area contributed by atoms with Crippen molar-refractivity contribution in [1.29, 1.82) is 0 Å². The van der Waals surface area contributed by atoms with Gasteiger partial charge in [-0.2, -0.15) is 0 Å². The zero-order valence-corrected chi connectivity index (χ0v) is 13.7.